The number of benzene rings is 4. The van der Waals surface area contributed by atoms with Gasteiger partial charge in [-0.15, -0.1) is 23.8 Å². The van der Waals surface area contributed by atoms with E-state index in [-0.39, 0.29) is 37.2 Å². The Balaban J connectivity index is 0.00000500. The Labute approximate surface area is 222 Å². The van der Waals surface area contributed by atoms with E-state index in [4.69, 9.17) is 27.1 Å². The molecule has 0 fully saturated rings. The summed E-state index contributed by atoms with van der Waals surface area (Å²) >= 11 is 0. The van der Waals surface area contributed by atoms with Gasteiger partial charge >= 0.3 is 0 Å². The maximum atomic E-state index is 8.92. The van der Waals surface area contributed by atoms with Gasteiger partial charge in [0.25, 0.3) is 0 Å². The molecule has 5 aromatic rings. The second-order valence-electron chi connectivity index (χ2n) is 6.04. The monoisotopic (exact) mass is 604 g/mol. The Morgan fingerprint density at radius 2 is 1.50 bits per heavy atom. The van der Waals surface area contributed by atoms with Crippen molar-refractivity contribution in [1.82, 2.24) is 9.55 Å². The summed E-state index contributed by atoms with van der Waals surface area (Å²) in [5, 5.41) is 0. The van der Waals surface area contributed by atoms with Crippen LogP contribution in [-0.4, -0.2) is 9.55 Å². The molecule has 4 heteroatoms. The Morgan fingerprint density at radius 1 is 0.875 bits per heavy atom. The summed E-state index contributed by atoms with van der Waals surface area (Å²) in [4.78, 5) is 7.47. The molecular formula is C28H18IrN3-. The summed E-state index contributed by atoms with van der Waals surface area (Å²) in [5.41, 5.74) is -2.97. The number of aromatic nitrogens is 2. The van der Waals surface area contributed by atoms with Crippen LogP contribution in [0, 0.1) is 12.6 Å². The van der Waals surface area contributed by atoms with E-state index in [2.05, 4.69) is 15.9 Å². The Bertz CT molecular complexity index is 2040. The van der Waals surface area contributed by atoms with Crippen molar-refractivity contribution in [3.63, 3.8) is 0 Å². The summed E-state index contributed by atoms with van der Waals surface area (Å²) < 4.78 is 128. The molecule has 0 N–H and O–H groups in total. The zero-order chi connectivity index (χ0) is 34.1. The zero-order valence-electron chi connectivity index (χ0n) is 30.9. The molecular weight excluding hydrogens is 571 g/mol. The first-order valence-corrected chi connectivity index (χ1v) is 8.80. The molecule has 155 valence electrons. The van der Waals surface area contributed by atoms with Gasteiger partial charge in [0.15, 0.2) is 0 Å². The summed E-state index contributed by atoms with van der Waals surface area (Å²) in [6.07, 6.45) is -1.40. The molecule has 0 aliphatic carbocycles. The third kappa shape index (κ3) is 4.05. The quantitative estimate of drug-likeness (QED) is 0.199. The molecule has 0 aliphatic heterocycles. The molecule has 0 atom stereocenters. The van der Waals surface area contributed by atoms with Crippen molar-refractivity contribution in [1.29, 1.82) is 0 Å². The molecule has 32 heavy (non-hydrogen) atoms. The Morgan fingerprint density at radius 3 is 2.09 bits per heavy atom. The van der Waals surface area contributed by atoms with Gasteiger partial charge in [-0.2, -0.15) is 6.07 Å². The minimum absolute atomic E-state index is 0. The van der Waals surface area contributed by atoms with E-state index in [1.54, 1.807) is 0 Å². The maximum absolute atomic E-state index is 8.92. The fraction of sp³-hybridized carbons (Fsp3) is 0. The van der Waals surface area contributed by atoms with Crippen molar-refractivity contribution in [3.8, 4) is 39.3 Å². The van der Waals surface area contributed by atoms with Crippen LogP contribution in [-0.2, 0) is 20.1 Å². The number of rotatable bonds is 4. The first-order chi connectivity index (χ1) is 21.6. The minimum Gasteiger partial charge on any atom is -0.339 e. The molecule has 5 rings (SSSR count). The molecule has 0 unspecified atom stereocenters. The molecule has 1 radical (unpaired) electrons. The van der Waals surface area contributed by atoms with Crippen LogP contribution in [0.4, 0.5) is 5.69 Å². The van der Waals surface area contributed by atoms with Crippen molar-refractivity contribution in [2.45, 2.75) is 0 Å². The molecule has 0 aliphatic rings. The summed E-state index contributed by atoms with van der Waals surface area (Å²) in [6.45, 7) is 7.40. The van der Waals surface area contributed by atoms with Gasteiger partial charge in [-0.1, -0.05) is 78.6 Å². The molecule has 1 aromatic heterocycles. The van der Waals surface area contributed by atoms with Crippen molar-refractivity contribution in [2.24, 2.45) is 0 Å². The second-order valence-corrected chi connectivity index (χ2v) is 6.04. The standard InChI is InChI=1S/C28H18N3.Ir/c1-29-24-15-8-14-23(20-24)28-30-18-19-31(28)27-25(21-10-4-2-5-11-21)16-9-17-26(27)22-12-6-3-7-13-22;/h2-13,15-20H;/q-1;/i2D,3D,4D,5D,6D,7D,9D,10D,11D,12D,13D,16D,17D,18D,19D;. The SMILES string of the molecule is [2H]c1nc(-c2[c-]ccc([N+]#[C-])c2)n(-c2c(-c3c([2H])c([2H])c([2H])c([2H])c3[2H])c([2H])c([2H])c([2H])c2-c2c([2H])c([2H])c([2H])c([2H])c2[2H])c1[2H].[Ir]. The average Bonchev–Trinajstić information content (AvgIpc) is 3.34. The van der Waals surface area contributed by atoms with Crippen molar-refractivity contribution in [2.75, 3.05) is 0 Å². The predicted octanol–water partition coefficient (Wildman–Crippen LogP) is 7.22. The zero-order valence-corrected chi connectivity index (χ0v) is 18.3. The summed E-state index contributed by atoms with van der Waals surface area (Å²) in [6, 6.07) is -3.79. The van der Waals surface area contributed by atoms with Gasteiger partial charge in [0.2, 0.25) is 0 Å². The normalized spacial score (nSPS) is 16.8. The fourth-order valence-electron chi connectivity index (χ4n) is 2.96. The Kier molecular flexibility index (Phi) is 2.93. The van der Waals surface area contributed by atoms with E-state index < -0.39 is 119 Å². The van der Waals surface area contributed by atoms with E-state index in [1.807, 2.05) is 0 Å². The van der Waals surface area contributed by atoms with Crippen molar-refractivity contribution in [3.05, 3.63) is 127 Å². The smallest absolute Gasteiger partial charge is 0.109 e. The molecule has 0 saturated carbocycles. The fourth-order valence-corrected chi connectivity index (χ4v) is 2.96. The van der Waals surface area contributed by atoms with Crippen LogP contribution in [0.5, 0.6) is 0 Å². The second kappa shape index (κ2) is 9.58. The van der Waals surface area contributed by atoms with Crippen LogP contribution in [0.3, 0.4) is 0 Å². The van der Waals surface area contributed by atoms with E-state index >= 15 is 0 Å². The minimum atomic E-state index is -0.881. The maximum Gasteiger partial charge on any atom is 0.109 e. The summed E-state index contributed by atoms with van der Waals surface area (Å²) in [5.74, 6) is -0.292. The number of nitrogens with zero attached hydrogens (tertiary/aromatic N) is 3. The molecule has 0 amide bonds. The topological polar surface area (TPSA) is 22.2 Å². The molecule has 0 spiro atoms. The number of imidazole rings is 1. The third-order valence-corrected chi connectivity index (χ3v) is 4.26. The largest absolute Gasteiger partial charge is 0.339 e. The van der Waals surface area contributed by atoms with Gasteiger partial charge in [-0.05, 0) is 11.1 Å². The van der Waals surface area contributed by atoms with Gasteiger partial charge < -0.3 is 4.57 Å². The number of hydrogen-bond acceptors (Lipinski definition) is 1. The van der Waals surface area contributed by atoms with E-state index in [0.29, 0.717) is 0 Å². The Hall–Kier alpha value is -3.77. The van der Waals surface area contributed by atoms with Crippen LogP contribution in [0.15, 0.2) is 109 Å². The molecule has 1 heterocycles. The van der Waals surface area contributed by atoms with Crippen LogP contribution >= 0.6 is 0 Å². The van der Waals surface area contributed by atoms with E-state index in [9.17, 15) is 0 Å². The van der Waals surface area contributed by atoms with Gasteiger partial charge in [0, 0.05) is 43.6 Å². The molecule has 3 nitrogen and oxygen atoms in total. The number of hydrogen-bond donors (Lipinski definition) is 0. The average molecular weight is 604 g/mol. The molecule has 0 saturated heterocycles. The van der Waals surface area contributed by atoms with E-state index in [1.165, 1.54) is 18.2 Å². The van der Waals surface area contributed by atoms with Gasteiger partial charge in [0.05, 0.1) is 38.6 Å². The van der Waals surface area contributed by atoms with Gasteiger partial charge in [-0.3, -0.25) is 9.83 Å². The molecule has 4 aromatic carbocycles. The van der Waals surface area contributed by atoms with Crippen molar-refractivity contribution >= 4 is 5.69 Å². The van der Waals surface area contributed by atoms with Crippen LogP contribution in [0.1, 0.15) is 20.6 Å². The van der Waals surface area contributed by atoms with Gasteiger partial charge in [0.1, 0.15) is 5.69 Å². The van der Waals surface area contributed by atoms with Crippen LogP contribution in [0.25, 0.3) is 44.2 Å². The number of para-hydroxylation sites is 1. The predicted molar refractivity (Wildman–Crippen MR) is 125 cm³/mol. The van der Waals surface area contributed by atoms with Crippen LogP contribution < -0.4 is 0 Å². The molecule has 0 bridgehead atoms. The first kappa shape index (κ1) is 9.79. The first-order valence-electron chi connectivity index (χ1n) is 16.3. The van der Waals surface area contributed by atoms with Gasteiger partial charge in [-0.25, -0.2) is 0 Å². The van der Waals surface area contributed by atoms with E-state index in [0.717, 1.165) is 4.57 Å². The van der Waals surface area contributed by atoms with Crippen molar-refractivity contribution < 1.29 is 40.7 Å². The summed E-state index contributed by atoms with van der Waals surface area (Å²) in [7, 11) is 0. The van der Waals surface area contributed by atoms with Crippen LogP contribution in [0.2, 0.25) is 0 Å². The third-order valence-electron chi connectivity index (χ3n) is 4.26.